The van der Waals surface area contributed by atoms with Crippen molar-refractivity contribution in [2.45, 2.75) is 25.0 Å². The van der Waals surface area contributed by atoms with Gasteiger partial charge in [-0.25, -0.2) is 9.97 Å². The number of imidazole rings is 2. The number of aryl methyl sites for hydroxylation is 2. The van der Waals surface area contributed by atoms with Crippen LogP contribution in [0.5, 0.6) is 0 Å². The Labute approximate surface area is 151 Å². The second kappa shape index (κ2) is 8.02. The van der Waals surface area contributed by atoms with Crippen LogP contribution < -0.4 is 5.32 Å². The third-order valence-electron chi connectivity index (χ3n) is 3.94. The van der Waals surface area contributed by atoms with Crippen molar-refractivity contribution in [1.29, 1.82) is 0 Å². The maximum atomic E-state index is 12.6. The van der Waals surface area contributed by atoms with Crippen LogP contribution in [0, 0.1) is 6.92 Å². The van der Waals surface area contributed by atoms with Gasteiger partial charge in [0.2, 0.25) is 0 Å². The standard InChI is InChI=1S/C18H21N5OS/c1-14-19-10-12-22(14)11-6-9-20-17(24)16-13-21-18(25-2)23(16)15-7-4-3-5-8-15/h3-5,7-8,10,12-13H,6,9,11H2,1-2H3,(H,20,24). The number of rotatable bonds is 7. The van der Waals surface area contributed by atoms with Crippen LogP contribution in [0.25, 0.3) is 5.69 Å². The lowest BCUT2D eigenvalue weighted by molar-refractivity contribution is 0.0945. The van der Waals surface area contributed by atoms with Crippen molar-refractivity contribution in [2.75, 3.05) is 12.8 Å². The molecule has 0 unspecified atom stereocenters. The molecule has 3 aromatic rings. The van der Waals surface area contributed by atoms with Gasteiger partial charge in [0.1, 0.15) is 11.5 Å². The smallest absolute Gasteiger partial charge is 0.269 e. The van der Waals surface area contributed by atoms with Crippen molar-refractivity contribution >= 4 is 17.7 Å². The quantitative estimate of drug-likeness (QED) is 0.523. The van der Waals surface area contributed by atoms with Gasteiger partial charge < -0.3 is 9.88 Å². The van der Waals surface area contributed by atoms with Gasteiger partial charge in [-0.3, -0.25) is 9.36 Å². The van der Waals surface area contributed by atoms with E-state index < -0.39 is 0 Å². The topological polar surface area (TPSA) is 64.7 Å². The number of carbonyl (C=O) groups excluding carboxylic acids is 1. The minimum absolute atomic E-state index is 0.112. The summed E-state index contributed by atoms with van der Waals surface area (Å²) >= 11 is 1.52. The third-order valence-corrected chi connectivity index (χ3v) is 4.60. The fourth-order valence-corrected chi connectivity index (χ4v) is 3.19. The van der Waals surface area contributed by atoms with Gasteiger partial charge in [0.25, 0.3) is 5.91 Å². The van der Waals surface area contributed by atoms with Gasteiger partial charge in [-0.05, 0) is 31.7 Å². The lowest BCUT2D eigenvalue weighted by Crippen LogP contribution is -2.27. The summed E-state index contributed by atoms with van der Waals surface area (Å²) in [6.45, 7) is 3.41. The van der Waals surface area contributed by atoms with Gasteiger partial charge in [-0.2, -0.15) is 0 Å². The van der Waals surface area contributed by atoms with Crippen LogP contribution in [0.1, 0.15) is 22.7 Å². The summed E-state index contributed by atoms with van der Waals surface area (Å²) in [6, 6.07) is 9.81. The molecule has 0 aliphatic rings. The molecule has 0 aliphatic heterocycles. The van der Waals surface area contributed by atoms with Crippen LogP contribution in [0.3, 0.4) is 0 Å². The Morgan fingerprint density at radius 2 is 2.04 bits per heavy atom. The summed E-state index contributed by atoms with van der Waals surface area (Å²) in [5.41, 5.74) is 1.48. The normalized spacial score (nSPS) is 10.8. The second-order valence-corrected chi connectivity index (χ2v) is 6.35. The van der Waals surface area contributed by atoms with Gasteiger partial charge in [0, 0.05) is 31.2 Å². The minimum atomic E-state index is -0.112. The number of benzene rings is 1. The largest absolute Gasteiger partial charge is 0.351 e. The Morgan fingerprint density at radius 3 is 2.72 bits per heavy atom. The SMILES string of the molecule is CSc1ncc(C(=O)NCCCn2ccnc2C)n1-c1ccccc1. The number of thioether (sulfide) groups is 1. The molecule has 25 heavy (non-hydrogen) atoms. The molecule has 0 spiro atoms. The first-order valence-electron chi connectivity index (χ1n) is 8.14. The Hall–Kier alpha value is -2.54. The molecule has 7 heteroatoms. The summed E-state index contributed by atoms with van der Waals surface area (Å²) in [7, 11) is 0. The highest BCUT2D eigenvalue weighted by atomic mass is 32.2. The molecule has 2 aromatic heterocycles. The van der Waals surface area contributed by atoms with E-state index in [0.29, 0.717) is 12.2 Å². The monoisotopic (exact) mass is 355 g/mol. The van der Waals surface area contributed by atoms with Crippen LogP contribution in [-0.2, 0) is 6.54 Å². The van der Waals surface area contributed by atoms with Gasteiger partial charge in [0.05, 0.1) is 6.20 Å². The van der Waals surface area contributed by atoms with E-state index in [1.54, 1.807) is 12.4 Å². The molecule has 1 aromatic carbocycles. The zero-order valence-electron chi connectivity index (χ0n) is 14.3. The Kier molecular flexibility index (Phi) is 5.55. The first-order chi connectivity index (χ1) is 12.2. The highest BCUT2D eigenvalue weighted by Crippen LogP contribution is 2.21. The molecule has 6 nitrogen and oxygen atoms in total. The molecule has 0 fully saturated rings. The zero-order chi connectivity index (χ0) is 17.6. The number of hydrogen-bond donors (Lipinski definition) is 1. The fraction of sp³-hybridized carbons (Fsp3) is 0.278. The fourth-order valence-electron chi connectivity index (χ4n) is 2.65. The molecule has 1 amide bonds. The van der Waals surface area contributed by atoms with E-state index in [-0.39, 0.29) is 5.91 Å². The zero-order valence-corrected chi connectivity index (χ0v) is 15.2. The number of carbonyl (C=O) groups is 1. The first kappa shape index (κ1) is 17.3. The van der Waals surface area contributed by atoms with Gasteiger partial charge in [-0.15, -0.1) is 0 Å². The molecule has 0 bridgehead atoms. The predicted molar refractivity (Wildman–Crippen MR) is 99.3 cm³/mol. The summed E-state index contributed by atoms with van der Waals surface area (Å²) in [4.78, 5) is 21.2. The van der Waals surface area contributed by atoms with Crippen molar-refractivity contribution < 1.29 is 4.79 Å². The number of nitrogens with zero attached hydrogens (tertiary/aromatic N) is 4. The van der Waals surface area contributed by atoms with Crippen LogP contribution in [0.2, 0.25) is 0 Å². The van der Waals surface area contributed by atoms with Crippen molar-refractivity contribution in [3.63, 3.8) is 0 Å². The summed E-state index contributed by atoms with van der Waals surface area (Å²) in [6.07, 6.45) is 8.17. The molecule has 3 rings (SSSR count). The Balaban J connectivity index is 1.66. The molecule has 0 radical (unpaired) electrons. The van der Waals surface area contributed by atoms with Gasteiger partial charge >= 0.3 is 0 Å². The van der Waals surface area contributed by atoms with Crippen LogP contribution in [0.15, 0.2) is 54.1 Å². The average Bonchev–Trinajstić information content (AvgIpc) is 3.25. The van der Waals surface area contributed by atoms with Crippen LogP contribution in [-0.4, -0.2) is 37.8 Å². The lowest BCUT2D eigenvalue weighted by Gasteiger charge is -2.11. The number of para-hydroxylation sites is 1. The Morgan fingerprint density at radius 1 is 1.24 bits per heavy atom. The molecular weight excluding hydrogens is 334 g/mol. The molecule has 0 saturated carbocycles. The number of nitrogens with one attached hydrogen (secondary N) is 1. The molecular formula is C18H21N5OS. The molecule has 0 aliphatic carbocycles. The lowest BCUT2D eigenvalue weighted by atomic mass is 10.3. The summed E-state index contributed by atoms with van der Waals surface area (Å²) in [5, 5.41) is 3.78. The van der Waals surface area contributed by atoms with Crippen LogP contribution in [0.4, 0.5) is 0 Å². The average molecular weight is 355 g/mol. The molecule has 130 valence electrons. The first-order valence-corrected chi connectivity index (χ1v) is 9.36. The van der Waals surface area contributed by atoms with Crippen molar-refractivity contribution in [1.82, 2.24) is 24.4 Å². The van der Waals surface area contributed by atoms with Crippen LogP contribution >= 0.6 is 11.8 Å². The number of aromatic nitrogens is 4. The molecule has 0 atom stereocenters. The van der Waals surface area contributed by atoms with Gasteiger partial charge in [-0.1, -0.05) is 30.0 Å². The van der Waals surface area contributed by atoms with Crippen molar-refractivity contribution in [2.24, 2.45) is 0 Å². The minimum Gasteiger partial charge on any atom is -0.351 e. The van der Waals surface area contributed by atoms with Crippen molar-refractivity contribution in [3.8, 4) is 5.69 Å². The highest BCUT2D eigenvalue weighted by Gasteiger charge is 2.17. The van der Waals surface area contributed by atoms with E-state index in [9.17, 15) is 4.79 Å². The van der Waals surface area contributed by atoms with E-state index in [1.807, 2.05) is 54.3 Å². The van der Waals surface area contributed by atoms with E-state index in [1.165, 1.54) is 11.8 Å². The van der Waals surface area contributed by atoms with E-state index in [2.05, 4.69) is 19.9 Å². The van der Waals surface area contributed by atoms with E-state index >= 15 is 0 Å². The van der Waals surface area contributed by atoms with Gasteiger partial charge in [0.15, 0.2) is 5.16 Å². The van der Waals surface area contributed by atoms with Crippen molar-refractivity contribution in [3.05, 3.63) is 60.4 Å². The number of hydrogen-bond acceptors (Lipinski definition) is 4. The molecule has 2 heterocycles. The Bertz CT molecular complexity index is 840. The highest BCUT2D eigenvalue weighted by molar-refractivity contribution is 7.98. The predicted octanol–water partition coefficient (Wildman–Crippen LogP) is 2.92. The summed E-state index contributed by atoms with van der Waals surface area (Å²) < 4.78 is 3.96. The summed E-state index contributed by atoms with van der Waals surface area (Å²) in [5.74, 6) is 0.872. The molecule has 1 N–H and O–H groups in total. The molecule has 0 saturated heterocycles. The number of amides is 1. The maximum Gasteiger partial charge on any atom is 0.269 e. The third kappa shape index (κ3) is 3.93. The van der Waals surface area contributed by atoms with E-state index in [0.717, 1.165) is 29.6 Å². The maximum absolute atomic E-state index is 12.6. The van der Waals surface area contributed by atoms with E-state index in [4.69, 9.17) is 0 Å². The second-order valence-electron chi connectivity index (χ2n) is 5.58.